The molecule has 1 aromatic heterocycles. The number of hydrogen-bond acceptors (Lipinski definition) is 4. The van der Waals surface area contributed by atoms with Crippen molar-refractivity contribution >= 4 is 5.82 Å². The van der Waals surface area contributed by atoms with Crippen LogP contribution in [0, 0.1) is 5.41 Å². The molecule has 3 rings (SSSR count). The topological polar surface area (TPSA) is 32.3 Å². The van der Waals surface area contributed by atoms with Crippen LogP contribution in [0.3, 0.4) is 0 Å². The third kappa shape index (κ3) is 4.16. The molecule has 21 heavy (non-hydrogen) atoms. The zero-order valence-electron chi connectivity index (χ0n) is 13.7. The maximum absolute atomic E-state index is 4.77. The minimum Gasteiger partial charge on any atom is -0.354 e. The molecule has 0 unspecified atom stereocenters. The number of piperazine rings is 1. The fourth-order valence-electron chi connectivity index (χ4n) is 2.77. The molecule has 0 atom stereocenters. The van der Waals surface area contributed by atoms with E-state index in [1.54, 1.807) is 0 Å². The maximum Gasteiger partial charge on any atom is 0.133 e. The van der Waals surface area contributed by atoms with Crippen molar-refractivity contribution in [2.45, 2.75) is 46.0 Å². The third-order valence-electron chi connectivity index (χ3n) is 4.48. The Labute approximate surface area is 128 Å². The molecule has 1 aromatic rings. The minimum atomic E-state index is 0.433. The van der Waals surface area contributed by atoms with Gasteiger partial charge in [-0.15, -0.1) is 0 Å². The quantitative estimate of drug-likeness (QED) is 0.853. The number of rotatable bonds is 4. The molecule has 2 fully saturated rings. The first kappa shape index (κ1) is 14.8. The zero-order chi connectivity index (χ0) is 14.9. The molecule has 0 bridgehead atoms. The van der Waals surface area contributed by atoms with E-state index in [1.807, 2.05) is 6.20 Å². The van der Waals surface area contributed by atoms with Gasteiger partial charge in [0.05, 0.1) is 0 Å². The highest BCUT2D eigenvalue weighted by molar-refractivity contribution is 5.38. The van der Waals surface area contributed by atoms with Crippen LogP contribution in [0.5, 0.6) is 0 Å². The average molecular weight is 288 g/mol. The van der Waals surface area contributed by atoms with Gasteiger partial charge in [0.2, 0.25) is 0 Å². The lowest BCUT2D eigenvalue weighted by Crippen LogP contribution is -2.47. The summed E-state index contributed by atoms with van der Waals surface area (Å²) in [7, 11) is 0. The molecule has 0 N–H and O–H groups in total. The highest BCUT2D eigenvalue weighted by Crippen LogP contribution is 2.38. The first-order valence-electron chi connectivity index (χ1n) is 8.31. The van der Waals surface area contributed by atoms with Crippen LogP contribution in [-0.2, 0) is 0 Å². The summed E-state index contributed by atoms with van der Waals surface area (Å²) in [5.74, 6) is 2.82. The van der Waals surface area contributed by atoms with E-state index in [0.717, 1.165) is 37.8 Å². The van der Waals surface area contributed by atoms with Crippen LogP contribution in [0.4, 0.5) is 5.82 Å². The Hall–Kier alpha value is -1.16. The van der Waals surface area contributed by atoms with Gasteiger partial charge in [0, 0.05) is 38.3 Å². The van der Waals surface area contributed by atoms with Crippen LogP contribution in [0.2, 0.25) is 0 Å². The number of hydrogen-bond donors (Lipinski definition) is 0. The van der Waals surface area contributed by atoms with Crippen molar-refractivity contribution in [3.05, 3.63) is 18.1 Å². The molecular formula is C17H28N4. The van der Waals surface area contributed by atoms with E-state index >= 15 is 0 Å². The molecule has 2 aliphatic rings. The lowest BCUT2D eigenvalue weighted by Gasteiger charge is -2.36. The van der Waals surface area contributed by atoms with Crippen LogP contribution in [0.25, 0.3) is 0 Å². The fourth-order valence-corrected chi connectivity index (χ4v) is 2.77. The summed E-state index contributed by atoms with van der Waals surface area (Å²) < 4.78 is 0. The van der Waals surface area contributed by atoms with Crippen molar-refractivity contribution in [3.63, 3.8) is 0 Å². The van der Waals surface area contributed by atoms with Gasteiger partial charge >= 0.3 is 0 Å². The average Bonchev–Trinajstić information content (AvgIpc) is 3.30. The van der Waals surface area contributed by atoms with Gasteiger partial charge in [-0.25, -0.2) is 9.97 Å². The van der Waals surface area contributed by atoms with Crippen LogP contribution in [0.15, 0.2) is 12.3 Å². The van der Waals surface area contributed by atoms with E-state index in [-0.39, 0.29) is 0 Å². The Balaban J connectivity index is 1.52. The van der Waals surface area contributed by atoms with Gasteiger partial charge in [0.15, 0.2) is 0 Å². The number of aromatic nitrogens is 2. The summed E-state index contributed by atoms with van der Waals surface area (Å²) in [6, 6.07) is 2.07. The highest BCUT2D eigenvalue weighted by Gasteiger charge is 2.27. The lowest BCUT2D eigenvalue weighted by molar-refractivity contribution is 0.217. The predicted molar refractivity (Wildman–Crippen MR) is 86.7 cm³/mol. The van der Waals surface area contributed by atoms with E-state index in [1.165, 1.54) is 25.8 Å². The zero-order valence-corrected chi connectivity index (χ0v) is 13.7. The Morgan fingerprint density at radius 1 is 1.14 bits per heavy atom. The van der Waals surface area contributed by atoms with Crippen LogP contribution < -0.4 is 4.90 Å². The van der Waals surface area contributed by atoms with Crippen molar-refractivity contribution in [1.82, 2.24) is 14.9 Å². The van der Waals surface area contributed by atoms with Crippen LogP contribution >= 0.6 is 0 Å². The summed E-state index contributed by atoms with van der Waals surface area (Å²) >= 11 is 0. The molecule has 1 saturated carbocycles. The van der Waals surface area contributed by atoms with E-state index < -0.39 is 0 Å². The summed E-state index contributed by atoms with van der Waals surface area (Å²) in [5, 5.41) is 0. The van der Waals surface area contributed by atoms with E-state index in [0.29, 0.717) is 11.3 Å². The Morgan fingerprint density at radius 3 is 2.48 bits per heavy atom. The molecule has 1 aliphatic heterocycles. The monoisotopic (exact) mass is 288 g/mol. The fraction of sp³-hybridized carbons (Fsp3) is 0.765. The Kier molecular flexibility index (Phi) is 4.16. The maximum atomic E-state index is 4.77. The summed E-state index contributed by atoms with van der Waals surface area (Å²) in [4.78, 5) is 14.2. The van der Waals surface area contributed by atoms with Gasteiger partial charge in [-0.05, 0) is 37.3 Å². The van der Waals surface area contributed by atoms with Crippen molar-refractivity contribution in [3.8, 4) is 0 Å². The van der Waals surface area contributed by atoms with Crippen molar-refractivity contribution < 1.29 is 0 Å². The molecule has 4 nitrogen and oxygen atoms in total. The summed E-state index contributed by atoms with van der Waals surface area (Å²) in [6.07, 6.45) is 5.74. The Morgan fingerprint density at radius 2 is 1.86 bits per heavy atom. The molecule has 0 amide bonds. The van der Waals surface area contributed by atoms with Crippen molar-refractivity contribution in [1.29, 1.82) is 0 Å². The molecule has 2 heterocycles. The highest BCUT2D eigenvalue weighted by atomic mass is 15.3. The van der Waals surface area contributed by atoms with Crippen molar-refractivity contribution in [2.75, 3.05) is 37.6 Å². The van der Waals surface area contributed by atoms with Gasteiger partial charge in [-0.3, -0.25) is 4.90 Å². The molecule has 1 aliphatic carbocycles. The number of nitrogens with zero attached hydrogens (tertiary/aromatic N) is 4. The predicted octanol–water partition coefficient (Wildman–Crippen LogP) is 2.91. The molecule has 4 heteroatoms. The lowest BCUT2D eigenvalue weighted by atomic mass is 9.92. The van der Waals surface area contributed by atoms with Gasteiger partial charge in [-0.1, -0.05) is 20.8 Å². The smallest absolute Gasteiger partial charge is 0.133 e. The second-order valence-electron chi connectivity index (χ2n) is 7.69. The molecule has 0 spiro atoms. The first-order valence-corrected chi connectivity index (χ1v) is 8.31. The van der Waals surface area contributed by atoms with Gasteiger partial charge < -0.3 is 4.90 Å². The van der Waals surface area contributed by atoms with Crippen molar-refractivity contribution in [2.24, 2.45) is 5.41 Å². The number of anilines is 1. The molecular weight excluding hydrogens is 260 g/mol. The van der Waals surface area contributed by atoms with Gasteiger partial charge in [-0.2, -0.15) is 0 Å². The van der Waals surface area contributed by atoms with Gasteiger partial charge in [0.1, 0.15) is 11.6 Å². The van der Waals surface area contributed by atoms with E-state index in [4.69, 9.17) is 4.98 Å². The SMILES string of the molecule is CC(C)(C)CCN1CCN(c2ccnc(C3CC3)n2)CC1. The summed E-state index contributed by atoms with van der Waals surface area (Å²) in [6.45, 7) is 12.7. The van der Waals surface area contributed by atoms with Crippen LogP contribution in [0.1, 0.15) is 51.8 Å². The van der Waals surface area contributed by atoms with Crippen LogP contribution in [-0.4, -0.2) is 47.6 Å². The minimum absolute atomic E-state index is 0.433. The summed E-state index contributed by atoms with van der Waals surface area (Å²) in [5.41, 5.74) is 0.433. The first-order chi connectivity index (χ1) is 10.0. The molecule has 0 aromatic carbocycles. The standard InChI is InChI=1S/C17H28N4/c1-17(2,3)7-9-20-10-12-21(13-11-20)15-6-8-18-16(19-15)14-4-5-14/h6,8,14H,4-5,7,9-13H2,1-3H3. The van der Waals surface area contributed by atoms with Gasteiger partial charge in [0.25, 0.3) is 0 Å². The molecule has 1 saturated heterocycles. The second-order valence-corrected chi connectivity index (χ2v) is 7.69. The normalized spacial score (nSPS) is 20.8. The Bertz CT molecular complexity index is 468. The van der Waals surface area contributed by atoms with E-state index in [9.17, 15) is 0 Å². The largest absolute Gasteiger partial charge is 0.354 e. The molecule has 116 valence electrons. The van der Waals surface area contributed by atoms with E-state index in [2.05, 4.69) is 41.6 Å². The third-order valence-corrected chi connectivity index (χ3v) is 4.48. The molecule has 0 radical (unpaired) electrons. The second kappa shape index (κ2) is 5.91.